The lowest BCUT2D eigenvalue weighted by Crippen LogP contribution is -2.24. The molecule has 1 unspecified atom stereocenters. The fourth-order valence-corrected chi connectivity index (χ4v) is 3.21. The van der Waals surface area contributed by atoms with Crippen LogP contribution in [0.3, 0.4) is 0 Å². The normalized spacial score (nSPS) is 12.2. The summed E-state index contributed by atoms with van der Waals surface area (Å²) in [5, 5.41) is 26.1. The number of nitrogens with zero attached hydrogens (tertiary/aromatic N) is 4. The Hall–Kier alpha value is -3.07. The molecule has 0 aliphatic rings. The van der Waals surface area contributed by atoms with Gasteiger partial charge in [0.15, 0.2) is 17.0 Å². The predicted octanol–water partition coefficient (Wildman–Crippen LogP) is 3.10. The SMILES string of the molecule is CCCCCn1cnc2c(NCc3cc(N)ccc3O)nc(NC(CC)CO)nc21. The van der Waals surface area contributed by atoms with Crippen molar-refractivity contribution in [1.29, 1.82) is 0 Å². The molecule has 6 N–H and O–H groups in total. The fourth-order valence-electron chi connectivity index (χ4n) is 3.21. The molecule has 2 aromatic heterocycles. The van der Waals surface area contributed by atoms with Gasteiger partial charge in [-0.15, -0.1) is 0 Å². The van der Waals surface area contributed by atoms with E-state index in [1.165, 1.54) is 0 Å². The van der Waals surface area contributed by atoms with Crippen LogP contribution >= 0.6 is 0 Å². The van der Waals surface area contributed by atoms with Gasteiger partial charge >= 0.3 is 0 Å². The largest absolute Gasteiger partial charge is 0.508 e. The second kappa shape index (κ2) is 10.1. The molecule has 1 atom stereocenters. The number of benzene rings is 1. The van der Waals surface area contributed by atoms with Crippen LogP contribution in [0.2, 0.25) is 0 Å². The Bertz CT molecular complexity index is 969. The second-order valence-corrected chi connectivity index (χ2v) is 7.39. The van der Waals surface area contributed by atoms with Crippen LogP contribution in [0, 0.1) is 0 Å². The van der Waals surface area contributed by atoms with Gasteiger partial charge in [0, 0.05) is 24.3 Å². The number of phenolic OH excluding ortho intramolecular Hbond substituents is 1. The molecule has 0 amide bonds. The smallest absolute Gasteiger partial charge is 0.227 e. The number of aliphatic hydroxyl groups is 1. The highest BCUT2D eigenvalue weighted by atomic mass is 16.3. The first-order valence-corrected chi connectivity index (χ1v) is 10.5. The van der Waals surface area contributed by atoms with Crippen molar-refractivity contribution < 1.29 is 10.2 Å². The van der Waals surface area contributed by atoms with Crippen molar-refractivity contribution in [3.63, 3.8) is 0 Å². The van der Waals surface area contributed by atoms with E-state index in [4.69, 9.17) is 5.73 Å². The van der Waals surface area contributed by atoms with Crippen molar-refractivity contribution in [2.75, 3.05) is 23.0 Å². The molecule has 30 heavy (non-hydrogen) atoms. The number of unbranched alkanes of at least 4 members (excludes halogenated alkanes) is 2. The zero-order valence-electron chi connectivity index (χ0n) is 17.6. The van der Waals surface area contributed by atoms with Crippen molar-refractivity contribution in [3.8, 4) is 5.75 Å². The van der Waals surface area contributed by atoms with Crippen molar-refractivity contribution in [2.45, 2.75) is 58.7 Å². The molecule has 3 aromatic rings. The Morgan fingerprint density at radius 1 is 1.20 bits per heavy atom. The van der Waals surface area contributed by atoms with Crippen molar-refractivity contribution >= 4 is 28.6 Å². The summed E-state index contributed by atoms with van der Waals surface area (Å²) in [5.74, 6) is 1.16. The Labute approximate surface area is 176 Å². The standard InChI is InChI=1S/C21H31N7O2/c1-3-5-6-9-28-13-24-18-19(23-11-14-10-15(22)7-8-17(14)30)26-21(27-20(18)28)25-16(4-2)12-29/h7-8,10,13,16,29-30H,3-6,9,11-12,22H2,1-2H3,(H2,23,25,26,27). The average Bonchev–Trinajstić information content (AvgIpc) is 3.15. The van der Waals surface area contributed by atoms with Gasteiger partial charge in [0.1, 0.15) is 5.75 Å². The summed E-state index contributed by atoms with van der Waals surface area (Å²) in [5.41, 5.74) is 8.49. The molecule has 0 bridgehead atoms. The summed E-state index contributed by atoms with van der Waals surface area (Å²) in [6, 6.07) is 4.82. The number of anilines is 3. The molecule has 0 radical (unpaired) electrons. The van der Waals surface area contributed by atoms with E-state index < -0.39 is 0 Å². The summed E-state index contributed by atoms with van der Waals surface area (Å²) in [7, 11) is 0. The molecule has 0 aliphatic carbocycles. The third-order valence-electron chi connectivity index (χ3n) is 5.06. The molecular formula is C21H31N7O2. The molecule has 2 heterocycles. The third kappa shape index (κ3) is 5.10. The Morgan fingerprint density at radius 2 is 2.03 bits per heavy atom. The number of aryl methyl sites for hydroxylation is 1. The first-order valence-electron chi connectivity index (χ1n) is 10.5. The second-order valence-electron chi connectivity index (χ2n) is 7.39. The van der Waals surface area contributed by atoms with E-state index in [1.54, 1.807) is 24.5 Å². The number of nitrogens with one attached hydrogen (secondary N) is 2. The quantitative estimate of drug-likeness (QED) is 0.184. The number of aromatic hydroxyl groups is 1. The number of aliphatic hydroxyl groups excluding tert-OH is 1. The zero-order valence-corrected chi connectivity index (χ0v) is 17.6. The van der Waals surface area contributed by atoms with Gasteiger partial charge in [-0.1, -0.05) is 26.7 Å². The number of fused-ring (bicyclic) bond motifs is 1. The number of aromatic nitrogens is 4. The molecule has 0 aliphatic heterocycles. The minimum absolute atomic E-state index is 0.00636. The number of rotatable bonds is 11. The highest BCUT2D eigenvalue weighted by molar-refractivity contribution is 5.84. The van der Waals surface area contributed by atoms with E-state index in [1.807, 2.05) is 11.5 Å². The maximum atomic E-state index is 10.1. The molecule has 0 fully saturated rings. The molecule has 3 rings (SSSR count). The Balaban J connectivity index is 1.92. The van der Waals surface area contributed by atoms with Gasteiger partial charge in [0.25, 0.3) is 0 Å². The van der Waals surface area contributed by atoms with Crippen LogP contribution in [0.25, 0.3) is 11.2 Å². The lowest BCUT2D eigenvalue weighted by Gasteiger charge is -2.16. The van der Waals surface area contributed by atoms with Gasteiger partial charge in [-0.2, -0.15) is 9.97 Å². The molecular weight excluding hydrogens is 382 g/mol. The first-order chi connectivity index (χ1) is 14.5. The summed E-state index contributed by atoms with van der Waals surface area (Å²) in [6.07, 6.45) is 5.85. The fraction of sp³-hybridized carbons (Fsp3) is 0.476. The van der Waals surface area contributed by atoms with Gasteiger partial charge in [-0.25, -0.2) is 4.98 Å². The summed E-state index contributed by atoms with van der Waals surface area (Å²) in [4.78, 5) is 13.8. The van der Waals surface area contributed by atoms with Crippen LogP contribution in [-0.4, -0.2) is 42.4 Å². The number of imidazole rings is 1. The summed E-state index contributed by atoms with van der Waals surface area (Å²) >= 11 is 0. The number of hydrogen-bond donors (Lipinski definition) is 5. The maximum Gasteiger partial charge on any atom is 0.227 e. The molecule has 0 saturated heterocycles. The van der Waals surface area contributed by atoms with E-state index in [0.29, 0.717) is 35.1 Å². The topological polar surface area (TPSA) is 134 Å². The lowest BCUT2D eigenvalue weighted by molar-refractivity contribution is 0.271. The molecule has 0 saturated carbocycles. The van der Waals surface area contributed by atoms with E-state index in [-0.39, 0.29) is 18.4 Å². The van der Waals surface area contributed by atoms with Crippen LogP contribution in [0.4, 0.5) is 17.5 Å². The van der Waals surface area contributed by atoms with E-state index in [9.17, 15) is 10.2 Å². The van der Waals surface area contributed by atoms with Crippen molar-refractivity contribution in [2.24, 2.45) is 0 Å². The third-order valence-corrected chi connectivity index (χ3v) is 5.06. The number of hydrogen-bond acceptors (Lipinski definition) is 8. The van der Waals surface area contributed by atoms with E-state index in [2.05, 4.69) is 32.5 Å². The van der Waals surface area contributed by atoms with Crippen LogP contribution in [0.5, 0.6) is 5.75 Å². The molecule has 9 nitrogen and oxygen atoms in total. The number of phenols is 1. The Morgan fingerprint density at radius 3 is 2.77 bits per heavy atom. The van der Waals surface area contributed by atoms with Gasteiger partial charge in [-0.05, 0) is 31.0 Å². The van der Waals surface area contributed by atoms with Crippen molar-refractivity contribution in [3.05, 3.63) is 30.1 Å². The van der Waals surface area contributed by atoms with Gasteiger partial charge in [-0.3, -0.25) is 0 Å². The maximum absolute atomic E-state index is 10.1. The summed E-state index contributed by atoms with van der Waals surface area (Å²) in [6.45, 7) is 5.32. The molecule has 0 spiro atoms. The number of nitrogen functional groups attached to an aromatic ring is 1. The highest BCUT2D eigenvalue weighted by Gasteiger charge is 2.16. The van der Waals surface area contributed by atoms with E-state index >= 15 is 0 Å². The minimum Gasteiger partial charge on any atom is -0.508 e. The minimum atomic E-state index is -0.135. The van der Waals surface area contributed by atoms with Crippen molar-refractivity contribution in [1.82, 2.24) is 19.5 Å². The van der Waals surface area contributed by atoms with Crippen LogP contribution in [0.15, 0.2) is 24.5 Å². The predicted molar refractivity (Wildman–Crippen MR) is 119 cm³/mol. The number of nitrogens with two attached hydrogens (primary N) is 1. The summed E-state index contributed by atoms with van der Waals surface area (Å²) < 4.78 is 2.03. The van der Waals surface area contributed by atoms with Crippen LogP contribution < -0.4 is 16.4 Å². The highest BCUT2D eigenvalue weighted by Crippen LogP contribution is 2.25. The van der Waals surface area contributed by atoms with Crippen LogP contribution in [-0.2, 0) is 13.1 Å². The Kier molecular flexibility index (Phi) is 7.29. The van der Waals surface area contributed by atoms with Gasteiger partial charge in [0.05, 0.1) is 19.0 Å². The van der Waals surface area contributed by atoms with Crippen LogP contribution in [0.1, 0.15) is 45.1 Å². The first kappa shape index (κ1) is 21.6. The van der Waals surface area contributed by atoms with Gasteiger partial charge in [0.2, 0.25) is 5.95 Å². The lowest BCUT2D eigenvalue weighted by atomic mass is 10.2. The van der Waals surface area contributed by atoms with Gasteiger partial charge < -0.3 is 31.1 Å². The van der Waals surface area contributed by atoms with E-state index in [0.717, 1.165) is 37.9 Å². The zero-order chi connectivity index (χ0) is 21.5. The average molecular weight is 414 g/mol. The molecule has 1 aromatic carbocycles. The monoisotopic (exact) mass is 413 g/mol. The molecule has 9 heteroatoms. The molecule has 162 valence electrons.